The lowest BCUT2D eigenvalue weighted by Gasteiger charge is -2.29. The molecule has 0 bridgehead atoms. The Labute approximate surface area is 257 Å². The molecule has 2 aromatic carbocycles. The van der Waals surface area contributed by atoms with E-state index in [1.54, 1.807) is 6.92 Å². The summed E-state index contributed by atoms with van der Waals surface area (Å²) in [5, 5.41) is 8.34. The molecule has 0 aliphatic heterocycles. The third-order valence-corrected chi connectivity index (χ3v) is 7.16. The molecule has 0 spiro atoms. The first-order chi connectivity index (χ1) is 20.5. The van der Waals surface area contributed by atoms with Gasteiger partial charge in [-0.25, -0.2) is 0 Å². The highest BCUT2D eigenvalue weighted by molar-refractivity contribution is 5.94. The summed E-state index contributed by atoms with van der Waals surface area (Å²) in [6, 6.07) is 14.7. The van der Waals surface area contributed by atoms with Crippen molar-refractivity contribution in [3.05, 3.63) is 65.7 Å². The van der Waals surface area contributed by atoms with E-state index in [2.05, 4.69) is 29.8 Å². The molecule has 236 valence electrons. The number of benzene rings is 2. The Kier molecular flexibility index (Phi) is 15.3. The summed E-state index contributed by atoms with van der Waals surface area (Å²) in [6.07, 6.45) is 3.97. The first kappa shape index (κ1) is 35.3. The van der Waals surface area contributed by atoms with Crippen LogP contribution in [0.4, 0.5) is 0 Å². The van der Waals surface area contributed by atoms with E-state index in [0.29, 0.717) is 25.4 Å². The van der Waals surface area contributed by atoms with E-state index in [-0.39, 0.29) is 24.2 Å². The Morgan fingerprint density at radius 3 is 1.91 bits per heavy atom. The maximum Gasteiger partial charge on any atom is 0.244 e. The molecule has 0 saturated heterocycles. The van der Waals surface area contributed by atoms with Gasteiger partial charge in [-0.15, -0.1) is 0 Å². The summed E-state index contributed by atoms with van der Waals surface area (Å²) in [6.45, 7) is 12.6. The van der Waals surface area contributed by atoms with E-state index in [4.69, 9.17) is 4.74 Å². The van der Waals surface area contributed by atoms with Crippen LogP contribution in [0, 0.1) is 5.92 Å². The molecule has 9 heteroatoms. The second-order valence-electron chi connectivity index (χ2n) is 11.4. The fourth-order valence-electron chi connectivity index (χ4n) is 4.61. The topological polar surface area (TPSA) is 117 Å². The van der Waals surface area contributed by atoms with Gasteiger partial charge >= 0.3 is 0 Å². The Hall–Kier alpha value is -3.88. The van der Waals surface area contributed by atoms with Crippen LogP contribution in [0.2, 0.25) is 0 Å². The fourth-order valence-corrected chi connectivity index (χ4v) is 4.61. The number of carbonyl (C=O) groups excluding carboxylic acids is 4. The van der Waals surface area contributed by atoms with Crippen LogP contribution >= 0.6 is 0 Å². The van der Waals surface area contributed by atoms with Crippen molar-refractivity contribution in [1.82, 2.24) is 20.9 Å². The van der Waals surface area contributed by atoms with Crippen molar-refractivity contribution in [3.8, 4) is 5.75 Å². The monoisotopic (exact) mass is 594 g/mol. The summed E-state index contributed by atoms with van der Waals surface area (Å²) < 4.78 is 5.85. The summed E-state index contributed by atoms with van der Waals surface area (Å²) in [5.41, 5.74) is 1.88. The minimum absolute atomic E-state index is 0.128. The van der Waals surface area contributed by atoms with Crippen LogP contribution < -0.4 is 20.7 Å². The van der Waals surface area contributed by atoms with Gasteiger partial charge in [-0.3, -0.25) is 19.2 Å². The minimum atomic E-state index is -0.889. The summed E-state index contributed by atoms with van der Waals surface area (Å²) in [7, 11) is 0. The average molecular weight is 595 g/mol. The number of ether oxygens (including phenoxy) is 1. The zero-order valence-electron chi connectivity index (χ0n) is 26.7. The van der Waals surface area contributed by atoms with Crippen molar-refractivity contribution in [2.75, 3.05) is 13.1 Å². The van der Waals surface area contributed by atoms with Gasteiger partial charge in [0.15, 0.2) is 0 Å². The summed E-state index contributed by atoms with van der Waals surface area (Å²) in [5.74, 6) is -0.946. The smallest absolute Gasteiger partial charge is 0.244 e. The highest BCUT2D eigenvalue weighted by Gasteiger charge is 2.31. The number of rotatable bonds is 18. The molecule has 0 radical (unpaired) electrons. The number of unbranched alkanes of at least 4 members (excludes halogenated alkanes) is 2. The SMILES string of the molecule is CCCCN(CCCC)C(=O)[C@H](C)NC(=O)[C@@H](NC(=O)[C@H](Cc1ccc(OCc2ccccc2)cc1)NC(C)=O)C(C)C. The van der Waals surface area contributed by atoms with Gasteiger partial charge < -0.3 is 25.6 Å². The highest BCUT2D eigenvalue weighted by atomic mass is 16.5. The summed E-state index contributed by atoms with van der Waals surface area (Å²) >= 11 is 0. The van der Waals surface area contributed by atoms with Crippen LogP contribution in [0.5, 0.6) is 5.75 Å². The quantitative estimate of drug-likeness (QED) is 0.237. The summed E-state index contributed by atoms with van der Waals surface area (Å²) in [4.78, 5) is 53.6. The van der Waals surface area contributed by atoms with Crippen LogP contribution in [0.25, 0.3) is 0 Å². The molecule has 2 aromatic rings. The Bertz CT molecular complexity index is 1150. The van der Waals surface area contributed by atoms with Crippen molar-refractivity contribution >= 4 is 23.6 Å². The van der Waals surface area contributed by atoms with Crippen LogP contribution in [0.15, 0.2) is 54.6 Å². The van der Waals surface area contributed by atoms with Gasteiger partial charge in [0.05, 0.1) is 0 Å². The van der Waals surface area contributed by atoms with Crippen molar-refractivity contribution in [2.45, 2.75) is 98.4 Å². The average Bonchev–Trinajstić information content (AvgIpc) is 2.98. The lowest BCUT2D eigenvalue weighted by molar-refractivity contribution is -0.137. The van der Waals surface area contributed by atoms with E-state index in [1.165, 1.54) is 6.92 Å². The number of nitrogens with one attached hydrogen (secondary N) is 3. The van der Waals surface area contributed by atoms with Gasteiger partial charge in [0.1, 0.15) is 30.5 Å². The Morgan fingerprint density at radius 2 is 1.37 bits per heavy atom. The molecule has 0 aliphatic rings. The largest absolute Gasteiger partial charge is 0.489 e. The molecule has 0 aromatic heterocycles. The normalized spacial score (nSPS) is 13.0. The fraction of sp³-hybridized carbons (Fsp3) is 0.529. The molecule has 2 rings (SSSR count). The molecule has 0 fully saturated rings. The van der Waals surface area contributed by atoms with Crippen LogP contribution in [0.1, 0.15) is 78.4 Å². The first-order valence-electron chi connectivity index (χ1n) is 15.5. The molecule has 0 unspecified atom stereocenters. The van der Waals surface area contributed by atoms with E-state index < -0.39 is 29.9 Å². The maximum absolute atomic E-state index is 13.4. The molecule has 4 amide bonds. The molecule has 0 saturated carbocycles. The predicted octanol–water partition coefficient (Wildman–Crippen LogP) is 4.39. The van der Waals surface area contributed by atoms with E-state index in [0.717, 1.165) is 36.8 Å². The molecule has 0 heterocycles. The van der Waals surface area contributed by atoms with Gasteiger partial charge in [0.25, 0.3) is 0 Å². The van der Waals surface area contributed by atoms with Gasteiger partial charge in [0, 0.05) is 26.4 Å². The van der Waals surface area contributed by atoms with Crippen molar-refractivity contribution in [1.29, 1.82) is 0 Å². The number of hydrogen-bond acceptors (Lipinski definition) is 5. The molecule has 3 N–H and O–H groups in total. The molecular weight excluding hydrogens is 544 g/mol. The second-order valence-corrected chi connectivity index (χ2v) is 11.4. The predicted molar refractivity (Wildman–Crippen MR) is 169 cm³/mol. The van der Waals surface area contributed by atoms with Crippen LogP contribution in [0.3, 0.4) is 0 Å². The molecular formula is C34H50N4O5. The first-order valence-corrected chi connectivity index (χ1v) is 15.5. The Morgan fingerprint density at radius 1 is 0.767 bits per heavy atom. The van der Waals surface area contributed by atoms with E-state index in [1.807, 2.05) is 73.3 Å². The van der Waals surface area contributed by atoms with E-state index >= 15 is 0 Å². The maximum atomic E-state index is 13.4. The van der Waals surface area contributed by atoms with Crippen LogP contribution in [-0.4, -0.2) is 59.7 Å². The molecule has 0 aliphatic carbocycles. The zero-order chi connectivity index (χ0) is 31.8. The van der Waals surface area contributed by atoms with Gasteiger partial charge in [-0.05, 0) is 48.9 Å². The van der Waals surface area contributed by atoms with Gasteiger partial charge in [-0.1, -0.05) is 83.0 Å². The van der Waals surface area contributed by atoms with E-state index in [9.17, 15) is 19.2 Å². The number of carbonyl (C=O) groups is 4. The number of nitrogens with zero attached hydrogens (tertiary/aromatic N) is 1. The van der Waals surface area contributed by atoms with Crippen molar-refractivity contribution in [2.24, 2.45) is 5.92 Å². The molecule has 9 nitrogen and oxygen atoms in total. The molecule has 3 atom stereocenters. The lowest BCUT2D eigenvalue weighted by Crippen LogP contribution is -2.58. The van der Waals surface area contributed by atoms with Gasteiger partial charge in [-0.2, -0.15) is 0 Å². The number of hydrogen-bond donors (Lipinski definition) is 3. The zero-order valence-corrected chi connectivity index (χ0v) is 26.7. The Balaban J connectivity index is 2.05. The second kappa shape index (κ2) is 18.6. The van der Waals surface area contributed by atoms with Gasteiger partial charge in [0.2, 0.25) is 23.6 Å². The minimum Gasteiger partial charge on any atom is -0.489 e. The number of amides is 4. The lowest BCUT2D eigenvalue weighted by atomic mass is 10.0. The standard InChI is InChI=1S/C34H50N4O5/c1-7-9-20-38(21-10-8-2)34(42)25(5)35-33(41)31(24(3)4)37-32(40)30(36-26(6)39)22-27-16-18-29(19-17-27)43-23-28-14-12-11-13-15-28/h11-19,24-25,30-31H,7-10,20-23H2,1-6H3,(H,35,41)(H,36,39)(H,37,40)/t25-,30-,31-/m0/s1. The highest BCUT2D eigenvalue weighted by Crippen LogP contribution is 2.16. The van der Waals surface area contributed by atoms with Crippen LogP contribution in [-0.2, 0) is 32.2 Å². The molecule has 43 heavy (non-hydrogen) atoms. The van der Waals surface area contributed by atoms with Crippen molar-refractivity contribution < 1.29 is 23.9 Å². The third kappa shape index (κ3) is 12.5. The van der Waals surface area contributed by atoms with Crippen molar-refractivity contribution in [3.63, 3.8) is 0 Å². The third-order valence-electron chi connectivity index (χ3n) is 7.16.